The summed E-state index contributed by atoms with van der Waals surface area (Å²) in [6, 6.07) is 15.7. The van der Waals surface area contributed by atoms with Gasteiger partial charge in [-0.05, 0) is 69.4 Å². The molecule has 196 valence electrons. The molecule has 1 aromatic carbocycles. The third-order valence-corrected chi connectivity index (χ3v) is 7.99. The Morgan fingerprint density at radius 3 is 2.24 bits per heavy atom. The molecule has 0 aliphatic carbocycles. The lowest BCUT2D eigenvalue weighted by Gasteiger charge is -2.38. The maximum atomic E-state index is 12.8. The van der Waals surface area contributed by atoms with Gasteiger partial charge in [-0.1, -0.05) is 15.9 Å². The predicted octanol–water partition coefficient (Wildman–Crippen LogP) is 5.76. The molecule has 1 N–H and O–H groups in total. The van der Waals surface area contributed by atoms with E-state index in [-0.39, 0.29) is 0 Å². The summed E-state index contributed by atoms with van der Waals surface area (Å²) in [4.78, 5) is 13.4. The number of halogens is 1. The summed E-state index contributed by atoms with van der Waals surface area (Å²) in [5, 5.41) is 13.8. The number of ether oxygens (including phenoxy) is 3. The minimum atomic E-state index is -1.38. The number of rotatable bonds is 10. The van der Waals surface area contributed by atoms with E-state index in [1.165, 1.54) is 0 Å². The van der Waals surface area contributed by atoms with Crippen molar-refractivity contribution in [1.82, 2.24) is 14.9 Å². The maximum Gasteiger partial charge on any atom is 0.217 e. The summed E-state index contributed by atoms with van der Waals surface area (Å²) in [5.74, 6) is 0.716. The highest BCUT2D eigenvalue weighted by atomic mass is 79.9. The summed E-state index contributed by atoms with van der Waals surface area (Å²) in [7, 11) is 8.71. The molecule has 2 atom stereocenters. The van der Waals surface area contributed by atoms with Crippen molar-refractivity contribution < 1.29 is 19.3 Å². The molecule has 0 fully saturated rings. The van der Waals surface area contributed by atoms with Gasteiger partial charge >= 0.3 is 0 Å². The topological polar surface area (TPSA) is 76.9 Å². The molecule has 0 radical (unpaired) electrons. The summed E-state index contributed by atoms with van der Waals surface area (Å²) >= 11 is 5.23. The molecular weight excluding hydrogens is 554 g/mol. The van der Waals surface area contributed by atoms with Gasteiger partial charge in [0.05, 0.1) is 32.8 Å². The Bertz CT molecular complexity index is 1370. The zero-order chi connectivity index (χ0) is 26.7. The largest absolute Gasteiger partial charge is 0.481 e. The second-order valence-electron chi connectivity index (χ2n) is 9.22. The standard InChI is InChI=1S/C28H32BrN3O4S/c1-17-7-10-23(37-17)26(21-14-18-13-20(29)8-9-22(18)30-27(21)36-6)28(33,11-12-32(2)3)19-15-24(34-4)31-25(16-19)35-5/h7-10,13-16,26,33H,11-12H2,1-6H3. The molecule has 0 spiro atoms. The Hall–Kier alpha value is -2.72. The Kier molecular flexibility index (Phi) is 8.38. The molecule has 0 bridgehead atoms. The van der Waals surface area contributed by atoms with Gasteiger partial charge in [0, 0.05) is 43.9 Å². The Morgan fingerprint density at radius 2 is 1.68 bits per heavy atom. The lowest BCUT2D eigenvalue weighted by atomic mass is 9.74. The van der Waals surface area contributed by atoms with Crippen LogP contribution >= 0.6 is 27.3 Å². The van der Waals surface area contributed by atoms with E-state index in [0.717, 1.165) is 30.7 Å². The molecular formula is C28H32BrN3O4S. The Labute approximate surface area is 230 Å². The first kappa shape index (κ1) is 27.3. The normalized spacial score (nSPS) is 14.0. The first-order valence-corrected chi connectivity index (χ1v) is 13.5. The highest BCUT2D eigenvalue weighted by Gasteiger charge is 2.44. The number of benzene rings is 1. The van der Waals surface area contributed by atoms with Crippen molar-refractivity contribution in [1.29, 1.82) is 0 Å². The van der Waals surface area contributed by atoms with Gasteiger partial charge in [0.1, 0.15) is 5.60 Å². The van der Waals surface area contributed by atoms with Gasteiger partial charge in [-0.15, -0.1) is 11.3 Å². The van der Waals surface area contributed by atoms with Crippen LogP contribution < -0.4 is 14.2 Å². The molecule has 0 saturated heterocycles. The molecule has 9 heteroatoms. The molecule has 0 saturated carbocycles. The molecule has 3 aromatic heterocycles. The van der Waals surface area contributed by atoms with Crippen LogP contribution in [0.1, 0.15) is 33.2 Å². The van der Waals surface area contributed by atoms with E-state index in [1.807, 2.05) is 32.3 Å². The van der Waals surface area contributed by atoms with Crippen LogP contribution in [-0.2, 0) is 5.60 Å². The van der Waals surface area contributed by atoms with E-state index in [2.05, 4.69) is 50.9 Å². The Morgan fingerprint density at radius 1 is 0.973 bits per heavy atom. The van der Waals surface area contributed by atoms with E-state index < -0.39 is 11.5 Å². The lowest BCUT2D eigenvalue weighted by Crippen LogP contribution is -2.37. The second-order valence-corrected chi connectivity index (χ2v) is 11.5. The number of aryl methyl sites for hydroxylation is 1. The quantitative estimate of drug-likeness (QED) is 0.253. The summed E-state index contributed by atoms with van der Waals surface area (Å²) < 4.78 is 17.7. The van der Waals surface area contributed by atoms with Crippen LogP contribution in [0.4, 0.5) is 0 Å². The van der Waals surface area contributed by atoms with Gasteiger partial charge in [0.2, 0.25) is 17.6 Å². The first-order valence-electron chi connectivity index (χ1n) is 11.9. The smallest absolute Gasteiger partial charge is 0.217 e. The minimum Gasteiger partial charge on any atom is -0.481 e. The van der Waals surface area contributed by atoms with E-state index >= 15 is 0 Å². The maximum absolute atomic E-state index is 12.8. The van der Waals surface area contributed by atoms with Crippen LogP contribution in [0.3, 0.4) is 0 Å². The highest BCUT2D eigenvalue weighted by molar-refractivity contribution is 9.10. The number of thiophene rings is 1. The summed E-state index contributed by atoms with van der Waals surface area (Å²) in [6.07, 6.45) is 0.428. The molecule has 7 nitrogen and oxygen atoms in total. The molecule has 4 rings (SSSR count). The number of hydrogen-bond acceptors (Lipinski definition) is 8. The summed E-state index contributed by atoms with van der Waals surface area (Å²) in [6.45, 7) is 2.70. The van der Waals surface area contributed by atoms with Gasteiger partial charge < -0.3 is 24.2 Å². The molecule has 0 amide bonds. The average molecular weight is 587 g/mol. The van der Waals surface area contributed by atoms with Crippen molar-refractivity contribution >= 4 is 38.2 Å². The third kappa shape index (κ3) is 5.75. The van der Waals surface area contributed by atoms with E-state index in [4.69, 9.17) is 19.2 Å². The van der Waals surface area contributed by atoms with E-state index in [0.29, 0.717) is 36.2 Å². The molecule has 4 aromatic rings. The molecule has 2 unspecified atom stereocenters. The second kappa shape index (κ2) is 11.3. The molecule has 3 heterocycles. The Balaban J connectivity index is 2.04. The van der Waals surface area contributed by atoms with Gasteiger partial charge in [0.15, 0.2) is 0 Å². The van der Waals surface area contributed by atoms with Crippen molar-refractivity contribution in [3.8, 4) is 17.6 Å². The number of hydrogen-bond donors (Lipinski definition) is 1. The van der Waals surface area contributed by atoms with Crippen LogP contribution in [-0.4, -0.2) is 61.9 Å². The minimum absolute atomic E-state index is 0.367. The van der Waals surface area contributed by atoms with Crippen molar-refractivity contribution in [3.63, 3.8) is 0 Å². The van der Waals surface area contributed by atoms with Crippen molar-refractivity contribution in [2.75, 3.05) is 42.0 Å². The molecule has 0 aliphatic rings. The SMILES string of the molecule is COc1cc(C(O)(CCN(C)C)C(c2ccc(C)s2)c2cc3cc(Br)ccc3nc2OC)cc(OC)n1. The zero-order valence-electron chi connectivity index (χ0n) is 21.9. The fourth-order valence-corrected chi connectivity index (χ4v) is 6.02. The number of aromatic nitrogens is 2. The average Bonchev–Trinajstić information content (AvgIpc) is 3.31. The number of methoxy groups -OCH3 is 3. The predicted molar refractivity (Wildman–Crippen MR) is 151 cm³/mol. The van der Waals surface area contributed by atoms with Crippen LogP contribution in [0, 0.1) is 6.92 Å². The monoisotopic (exact) mass is 585 g/mol. The zero-order valence-corrected chi connectivity index (χ0v) is 24.3. The molecule has 0 aliphatic heterocycles. The molecule has 37 heavy (non-hydrogen) atoms. The highest BCUT2D eigenvalue weighted by Crippen LogP contribution is 2.50. The number of pyridine rings is 2. The fraction of sp³-hybridized carbons (Fsp3) is 0.357. The van der Waals surface area contributed by atoms with Gasteiger partial charge in [0.25, 0.3) is 0 Å². The van der Waals surface area contributed by atoms with Gasteiger partial charge in [-0.2, -0.15) is 4.98 Å². The fourth-order valence-electron chi connectivity index (χ4n) is 4.56. The van der Waals surface area contributed by atoms with Crippen molar-refractivity contribution in [2.45, 2.75) is 24.9 Å². The number of nitrogens with zero attached hydrogens (tertiary/aromatic N) is 3. The van der Waals surface area contributed by atoms with E-state index in [1.54, 1.807) is 44.8 Å². The van der Waals surface area contributed by atoms with Crippen LogP contribution in [0.25, 0.3) is 10.9 Å². The van der Waals surface area contributed by atoms with Crippen molar-refractivity contribution in [2.24, 2.45) is 0 Å². The van der Waals surface area contributed by atoms with Gasteiger partial charge in [-0.25, -0.2) is 4.98 Å². The van der Waals surface area contributed by atoms with Crippen molar-refractivity contribution in [3.05, 3.63) is 73.9 Å². The van der Waals surface area contributed by atoms with Crippen LogP contribution in [0.5, 0.6) is 17.6 Å². The van der Waals surface area contributed by atoms with Gasteiger partial charge in [-0.3, -0.25) is 0 Å². The van der Waals surface area contributed by atoms with Crippen LogP contribution in [0.15, 0.2) is 53.0 Å². The third-order valence-electron chi connectivity index (χ3n) is 6.43. The lowest BCUT2D eigenvalue weighted by molar-refractivity contribution is 0.00423. The van der Waals surface area contributed by atoms with Crippen LogP contribution in [0.2, 0.25) is 0 Å². The number of fused-ring (bicyclic) bond motifs is 1. The summed E-state index contributed by atoms with van der Waals surface area (Å²) in [5.41, 5.74) is 0.880. The first-order chi connectivity index (χ1) is 17.7. The van der Waals surface area contributed by atoms with E-state index in [9.17, 15) is 5.11 Å². The number of aliphatic hydroxyl groups is 1.